The Labute approximate surface area is 529 Å². The molecule has 4 aliphatic heterocycles. The van der Waals surface area contributed by atoms with Gasteiger partial charge < -0.3 is 29.4 Å². The van der Waals surface area contributed by atoms with Gasteiger partial charge in [0.05, 0.1) is 13.1 Å². The quantitative estimate of drug-likeness (QED) is 0.0967. The molecule has 10 heteroatoms. The van der Waals surface area contributed by atoms with Crippen molar-refractivity contribution in [2.24, 2.45) is 21.7 Å². The minimum absolute atomic E-state index is 0.000730. The highest BCUT2D eigenvalue weighted by atomic mass is 16.2. The van der Waals surface area contributed by atoms with Crippen molar-refractivity contribution in [1.29, 1.82) is 0 Å². The number of anilines is 2. The van der Waals surface area contributed by atoms with Crippen LogP contribution in [0.1, 0.15) is 186 Å². The zero-order valence-electron chi connectivity index (χ0n) is 57.0. The van der Waals surface area contributed by atoms with Gasteiger partial charge in [0, 0.05) is 106 Å². The molecule has 0 N–H and O–H groups in total. The summed E-state index contributed by atoms with van der Waals surface area (Å²) in [4.78, 5) is 71.5. The van der Waals surface area contributed by atoms with Crippen LogP contribution in [0, 0.1) is 21.7 Å². The molecule has 0 aromatic heterocycles. The van der Waals surface area contributed by atoms with E-state index in [2.05, 4.69) is 200 Å². The third kappa shape index (κ3) is 15.6. The predicted octanol–water partition coefficient (Wildman–Crippen LogP) is 17.0. The summed E-state index contributed by atoms with van der Waals surface area (Å²) in [7, 11) is 0. The Hall–Kier alpha value is -7.20. The van der Waals surface area contributed by atoms with Gasteiger partial charge in [0.25, 0.3) is 11.8 Å². The van der Waals surface area contributed by atoms with Crippen LogP contribution in [-0.4, -0.2) is 90.8 Å². The molecule has 4 aromatic carbocycles. The van der Waals surface area contributed by atoms with Gasteiger partial charge in [-0.2, -0.15) is 0 Å². The number of amides is 2. The van der Waals surface area contributed by atoms with Gasteiger partial charge in [-0.25, -0.2) is 0 Å². The Morgan fingerprint density at radius 1 is 0.443 bits per heavy atom. The fraction of sp³-hybridized carbons (Fsp3) is 0.487. The maximum absolute atomic E-state index is 15.5. The Morgan fingerprint density at radius 3 is 1.18 bits per heavy atom. The van der Waals surface area contributed by atoms with E-state index in [1.165, 1.54) is 0 Å². The van der Waals surface area contributed by atoms with Crippen molar-refractivity contribution in [3.05, 3.63) is 191 Å². The van der Waals surface area contributed by atoms with Crippen LogP contribution in [0.15, 0.2) is 168 Å². The molecule has 88 heavy (non-hydrogen) atoms. The molecule has 470 valence electrons. The van der Waals surface area contributed by atoms with Crippen molar-refractivity contribution in [2.75, 3.05) is 29.4 Å². The molecule has 0 saturated heterocycles. The van der Waals surface area contributed by atoms with E-state index in [4.69, 9.17) is 0 Å². The molecule has 4 aromatic rings. The van der Waals surface area contributed by atoms with Crippen molar-refractivity contribution < 1.29 is 19.2 Å². The summed E-state index contributed by atoms with van der Waals surface area (Å²) in [5.41, 5.74) is 6.61. The Kier molecular flexibility index (Phi) is 19.2. The first-order valence-electron chi connectivity index (χ1n) is 32.2. The van der Waals surface area contributed by atoms with Crippen LogP contribution < -0.4 is 9.80 Å². The van der Waals surface area contributed by atoms with E-state index in [0.717, 1.165) is 108 Å². The van der Waals surface area contributed by atoms with Gasteiger partial charge in [-0.1, -0.05) is 152 Å². The number of carbonyl (C=O) groups excluding carboxylic acids is 4. The standard InChI is InChI=1S/C78H104N6O4/c1-71(2,3)79-45-42-74(10,11)63(52-79)67(85)40-38-56-30-32-57(33-31-56)39-41-68(86)64-53-81(47-44-75(64,12)13)78(18,19)49-62-48-77(16,17)66(55-84(62)73(7,8)9)70(88)83(61-28-24-21-25-29-61)51-59-36-34-58(35-37-59)50-82(60-26-22-20-23-27-60)69(87)65-54-80(72(4,5)6)46-43-76(65,14)15/h20-41,52-55,62H,42-51H2,1-19H3/b40-38+,41-39+. The van der Waals surface area contributed by atoms with E-state index in [0.29, 0.717) is 13.1 Å². The highest BCUT2D eigenvalue weighted by Crippen LogP contribution is 2.47. The number of allylic oxidation sites excluding steroid dienone is 4. The zero-order valence-corrected chi connectivity index (χ0v) is 57.0. The highest BCUT2D eigenvalue weighted by molar-refractivity contribution is 6.09. The fourth-order valence-electron chi connectivity index (χ4n) is 13.1. The average molecular weight is 1190 g/mol. The molecule has 0 spiro atoms. The van der Waals surface area contributed by atoms with Crippen molar-refractivity contribution in [2.45, 2.75) is 205 Å². The summed E-state index contributed by atoms with van der Waals surface area (Å²) in [6, 6.07) is 36.4. The Bertz CT molecular complexity index is 3370. The monoisotopic (exact) mass is 1190 g/mol. The average Bonchev–Trinajstić information content (AvgIpc) is 0.826. The summed E-state index contributed by atoms with van der Waals surface area (Å²) < 4.78 is 0. The lowest BCUT2D eigenvalue weighted by Crippen LogP contribution is -2.56. The van der Waals surface area contributed by atoms with Crippen molar-refractivity contribution in [3.63, 3.8) is 0 Å². The molecular weight excluding hydrogens is 1080 g/mol. The topological polar surface area (TPSA) is 87.7 Å². The lowest BCUT2D eigenvalue weighted by Gasteiger charge is -2.53. The minimum Gasteiger partial charge on any atom is -0.372 e. The summed E-state index contributed by atoms with van der Waals surface area (Å²) >= 11 is 0. The van der Waals surface area contributed by atoms with Crippen molar-refractivity contribution in [3.8, 4) is 0 Å². The number of carbonyl (C=O) groups is 4. The molecule has 0 fully saturated rings. The Morgan fingerprint density at radius 2 is 0.795 bits per heavy atom. The maximum Gasteiger partial charge on any atom is 0.256 e. The van der Waals surface area contributed by atoms with E-state index < -0.39 is 5.41 Å². The molecule has 10 nitrogen and oxygen atoms in total. The minimum atomic E-state index is -0.480. The van der Waals surface area contributed by atoms with E-state index in [1.807, 2.05) is 107 Å². The Balaban J connectivity index is 0.981. The van der Waals surface area contributed by atoms with Gasteiger partial charge in [-0.05, 0) is 189 Å². The van der Waals surface area contributed by atoms with E-state index in [-0.39, 0.29) is 67.8 Å². The highest BCUT2D eigenvalue weighted by Gasteiger charge is 2.46. The number of hydrogen-bond acceptors (Lipinski definition) is 8. The molecule has 0 aliphatic carbocycles. The number of hydrogen-bond donors (Lipinski definition) is 0. The third-order valence-corrected chi connectivity index (χ3v) is 19.2. The van der Waals surface area contributed by atoms with Crippen LogP contribution in [-0.2, 0) is 32.3 Å². The molecule has 0 radical (unpaired) electrons. The number of benzene rings is 4. The van der Waals surface area contributed by atoms with E-state index in [1.54, 1.807) is 12.2 Å². The molecule has 8 rings (SSSR count). The number of nitrogens with zero attached hydrogens (tertiary/aromatic N) is 6. The van der Waals surface area contributed by atoms with Gasteiger partial charge in [0.15, 0.2) is 11.6 Å². The summed E-state index contributed by atoms with van der Waals surface area (Å²) in [6.07, 6.45) is 19.8. The molecular formula is C78H104N6O4. The fourth-order valence-corrected chi connectivity index (χ4v) is 13.1. The van der Waals surface area contributed by atoms with Crippen LogP contribution >= 0.6 is 0 Å². The molecule has 0 bridgehead atoms. The molecule has 2 amide bonds. The molecule has 4 aliphatic rings. The SMILES string of the molecule is CC1(C)CCN(C(C)(C)C)C=C1C(=O)/C=C/c1ccc(/C=C/C(=O)C2=CN(C(C)(C)CC3CC(C)(C)C(C(=O)N(Cc4ccc(CN(C(=O)C5=CN(C(C)(C)C)CCC5(C)C)c5ccccc5)cc4)c4ccccc4)=CN3C(C)(C)C)CCC2(C)C)cc1. The second-order valence-electron chi connectivity index (χ2n) is 31.7. The number of ketones is 2. The predicted molar refractivity (Wildman–Crippen MR) is 366 cm³/mol. The number of para-hydroxylation sites is 2. The van der Waals surface area contributed by atoms with Gasteiger partial charge in [-0.3, -0.25) is 19.2 Å². The van der Waals surface area contributed by atoms with E-state index in [9.17, 15) is 14.4 Å². The normalized spacial score (nSPS) is 19.6. The third-order valence-electron chi connectivity index (χ3n) is 19.2. The number of rotatable bonds is 17. The first-order chi connectivity index (χ1) is 40.9. The van der Waals surface area contributed by atoms with Crippen LogP contribution in [0.25, 0.3) is 12.2 Å². The second-order valence-corrected chi connectivity index (χ2v) is 31.7. The maximum atomic E-state index is 15.5. The summed E-state index contributed by atoms with van der Waals surface area (Å²) in [5.74, 6) is 0.0190. The van der Waals surface area contributed by atoms with Gasteiger partial charge in [0.1, 0.15) is 0 Å². The van der Waals surface area contributed by atoms with Crippen molar-refractivity contribution >= 4 is 46.9 Å². The van der Waals surface area contributed by atoms with Gasteiger partial charge in [0.2, 0.25) is 0 Å². The van der Waals surface area contributed by atoms with Gasteiger partial charge >= 0.3 is 0 Å². The summed E-state index contributed by atoms with van der Waals surface area (Å²) in [6.45, 7) is 45.2. The van der Waals surface area contributed by atoms with Crippen LogP contribution in [0.2, 0.25) is 0 Å². The summed E-state index contributed by atoms with van der Waals surface area (Å²) in [5, 5.41) is 0. The molecule has 4 heterocycles. The molecule has 1 atom stereocenters. The van der Waals surface area contributed by atoms with Crippen LogP contribution in [0.3, 0.4) is 0 Å². The van der Waals surface area contributed by atoms with Crippen LogP contribution in [0.4, 0.5) is 11.4 Å². The molecule has 1 unspecified atom stereocenters. The smallest absolute Gasteiger partial charge is 0.256 e. The second kappa shape index (κ2) is 25.4. The van der Waals surface area contributed by atoms with Crippen LogP contribution in [0.5, 0.6) is 0 Å². The first-order valence-corrected chi connectivity index (χ1v) is 32.2. The lowest BCUT2D eigenvalue weighted by atomic mass is 9.71. The zero-order chi connectivity index (χ0) is 64.6. The lowest BCUT2D eigenvalue weighted by molar-refractivity contribution is -0.117. The van der Waals surface area contributed by atoms with E-state index >= 15 is 4.79 Å². The van der Waals surface area contributed by atoms with Gasteiger partial charge in [-0.15, -0.1) is 0 Å². The van der Waals surface area contributed by atoms with Crippen molar-refractivity contribution in [1.82, 2.24) is 19.6 Å². The first kappa shape index (κ1) is 66.7. The molecule has 0 saturated carbocycles. The largest absolute Gasteiger partial charge is 0.372 e.